The number of halogens is 1. The van der Waals surface area contributed by atoms with E-state index in [1.165, 1.54) is 36.7 Å². The van der Waals surface area contributed by atoms with Crippen molar-refractivity contribution in [2.24, 2.45) is 0 Å². The number of anilines is 1. The molecule has 0 aromatic heterocycles. The van der Waals surface area contributed by atoms with Crippen molar-refractivity contribution < 1.29 is 17.9 Å². The van der Waals surface area contributed by atoms with Crippen LogP contribution in [0.15, 0.2) is 53.9 Å². The lowest BCUT2D eigenvalue weighted by Gasteiger charge is -2.25. The number of sulfonamides is 1. The number of benzene rings is 2. The Labute approximate surface area is 153 Å². The molecule has 0 amide bonds. The van der Waals surface area contributed by atoms with Crippen LogP contribution in [0.25, 0.3) is 0 Å². The largest absolute Gasteiger partial charge is 0.493 e. The van der Waals surface area contributed by atoms with Crippen LogP contribution in [-0.2, 0) is 10.0 Å². The maximum atomic E-state index is 13.2. The highest BCUT2D eigenvalue weighted by atomic mass is 35.5. The molecule has 5 nitrogen and oxygen atoms in total. The summed E-state index contributed by atoms with van der Waals surface area (Å²) in [7, 11) is -0.899. The van der Waals surface area contributed by atoms with Crippen LogP contribution in [0.4, 0.5) is 5.69 Å². The minimum Gasteiger partial charge on any atom is -0.493 e. The van der Waals surface area contributed by atoms with Gasteiger partial charge in [-0.2, -0.15) is 0 Å². The van der Waals surface area contributed by atoms with E-state index in [0.717, 1.165) is 0 Å². The third kappa shape index (κ3) is 3.75. The lowest BCUT2D eigenvalue weighted by atomic mass is 10.2. The summed E-state index contributed by atoms with van der Waals surface area (Å²) in [5, 5.41) is 0.495. The number of ether oxygens (including phenoxy) is 2. The summed E-state index contributed by atoms with van der Waals surface area (Å²) in [5.41, 5.74) is 1.18. The van der Waals surface area contributed by atoms with Gasteiger partial charge in [0.25, 0.3) is 10.0 Å². The molecule has 2 aromatic rings. The van der Waals surface area contributed by atoms with Gasteiger partial charge in [0.15, 0.2) is 11.5 Å². The number of nitrogens with zero attached hydrogens (tertiary/aromatic N) is 1. The van der Waals surface area contributed by atoms with E-state index >= 15 is 0 Å². The first-order valence-electron chi connectivity index (χ1n) is 7.47. The molecule has 0 atom stereocenters. The maximum Gasteiger partial charge on any atom is 0.264 e. The van der Waals surface area contributed by atoms with Crippen LogP contribution >= 0.6 is 11.6 Å². The second kappa shape index (κ2) is 7.80. The highest BCUT2D eigenvalue weighted by molar-refractivity contribution is 7.92. The Morgan fingerprint density at radius 3 is 2.44 bits per heavy atom. The molecular weight excluding hydrogens is 362 g/mol. The minimum absolute atomic E-state index is 0.0892. The van der Waals surface area contributed by atoms with E-state index in [9.17, 15) is 8.42 Å². The van der Waals surface area contributed by atoms with E-state index in [1.807, 2.05) is 0 Å². The quantitative estimate of drug-likeness (QED) is 0.679. The van der Waals surface area contributed by atoms with Crippen molar-refractivity contribution in [3.63, 3.8) is 0 Å². The first kappa shape index (κ1) is 19.1. The molecule has 0 aliphatic carbocycles. The van der Waals surface area contributed by atoms with Gasteiger partial charge in [0.05, 0.1) is 31.3 Å². The number of methoxy groups -OCH3 is 2. The average Bonchev–Trinajstić information content (AvgIpc) is 2.61. The average molecular weight is 382 g/mol. The molecule has 0 saturated carbocycles. The fourth-order valence-electron chi connectivity index (χ4n) is 2.41. The van der Waals surface area contributed by atoms with Crippen molar-refractivity contribution in [3.8, 4) is 11.5 Å². The molecule has 0 spiro atoms. The third-order valence-electron chi connectivity index (χ3n) is 3.75. The zero-order valence-electron chi connectivity index (χ0n) is 14.3. The molecule has 0 saturated heterocycles. The van der Waals surface area contributed by atoms with Gasteiger partial charge in [0, 0.05) is 11.1 Å². The number of rotatable bonds is 7. The molecule has 0 unspecified atom stereocenters. The molecular formula is C18H20ClNO4S. The summed E-state index contributed by atoms with van der Waals surface area (Å²) < 4.78 is 38.0. The Morgan fingerprint density at radius 2 is 1.84 bits per heavy atom. The van der Waals surface area contributed by atoms with E-state index < -0.39 is 10.0 Å². The second-order valence-electron chi connectivity index (χ2n) is 5.23. The summed E-state index contributed by atoms with van der Waals surface area (Å²) in [6.45, 7) is 5.55. The summed E-state index contributed by atoms with van der Waals surface area (Å²) in [6.07, 6.45) is 1.53. The van der Waals surface area contributed by atoms with Crippen molar-refractivity contribution in [2.45, 2.75) is 11.8 Å². The summed E-state index contributed by atoms with van der Waals surface area (Å²) in [5.74, 6) is 0.792. The van der Waals surface area contributed by atoms with Gasteiger partial charge in [-0.3, -0.25) is 4.31 Å². The first-order valence-corrected chi connectivity index (χ1v) is 9.29. The number of hydrogen-bond acceptors (Lipinski definition) is 4. The Bertz CT molecular complexity index is 881. The van der Waals surface area contributed by atoms with Crippen LogP contribution in [-0.4, -0.2) is 29.2 Å². The Kier molecular flexibility index (Phi) is 5.98. The van der Waals surface area contributed by atoms with Crippen molar-refractivity contribution in [2.75, 3.05) is 25.1 Å². The van der Waals surface area contributed by atoms with Gasteiger partial charge in [0.1, 0.15) is 0 Å². The Balaban J connectivity index is 2.61. The molecule has 0 radical (unpaired) electrons. The normalized spacial score (nSPS) is 11.0. The van der Waals surface area contributed by atoms with Crippen LogP contribution < -0.4 is 13.8 Å². The third-order valence-corrected chi connectivity index (χ3v) is 5.93. The molecule has 2 rings (SSSR count). The lowest BCUT2D eigenvalue weighted by molar-refractivity contribution is 0.354. The highest BCUT2D eigenvalue weighted by Gasteiger charge is 2.27. The van der Waals surface area contributed by atoms with Crippen LogP contribution in [0.3, 0.4) is 0 Å². The predicted octanol–water partition coefficient (Wildman–Crippen LogP) is 4.05. The monoisotopic (exact) mass is 381 g/mol. The zero-order chi connectivity index (χ0) is 18.6. The Morgan fingerprint density at radius 1 is 1.16 bits per heavy atom. The van der Waals surface area contributed by atoms with E-state index in [-0.39, 0.29) is 11.4 Å². The summed E-state index contributed by atoms with van der Waals surface area (Å²) >= 11 is 6.16. The standard InChI is InChI=1S/C18H20ClNO4S/c1-5-11-20(16-8-6-7-15(19)13(16)2)25(21,22)14-9-10-17(23-3)18(12-14)24-4/h5-10,12H,1,11H2,2-4H3. The molecule has 134 valence electrons. The molecule has 2 aromatic carbocycles. The minimum atomic E-state index is -3.85. The zero-order valence-corrected chi connectivity index (χ0v) is 15.9. The van der Waals surface area contributed by atoms with E-state index in [1.54, 1.807) is 31.2 Å². The smallest absolute Gasteiger partial charge is 0.264 e. The van der Waals surface area contributed by atoms with Crippen molar-refractivity contribution in [1.82, 2.24) is 0 Å². The van der Waals surface area contributed by atoms with Crippen LogP contribution in [0, 0.1) is 6.92 Å². The van der Waals surface area contributed by atoms with Crippen molar-refractivity contribution in [1.29, 1.82) is 0 Å². The molecule has 0 fully saturated rings. The van der Waals surface area contributed by atoms with Crippen LogP contribution in [0.2, 0.25) is 5.02 Å². The van der Waals surface area contributed by atoms with E-state index in [2.05, 4.69) is 6.58 Å². The molecule has 25 heavy (non-hydrogen) atoms. The van der Waals surface area contributed by atoms with Crippen LogP contribution in [0.5, 0.6) is 11.5 Å². The van der Waals surface area contributed by atoms with Gasteiger partial charge in [-0.1, -0.05) is 23.7 Å². The first-order chi connectivity index (χ1) is 11.9. The summed E-state index contributed by atoms with van der Waals surface area (Å²) in [6, 6.07) is 9.61. The van der Waals surface area contributed by atoms with E-state index in [4.69, 9.17) is 21.1 Å². The van der Waals surface area contributed by atoms with Gasteiger partial charge in [0.2, 0.25) is 0 Å². The predicted molar refractivity (Wildman–Crippen MR) is 100 cm³/mol. The van der Waals surface area contributed by atoms with Gasteiger partial charge in [-0.05, 0) is 36.8 Å². The highest BCUT2D eigenvalue weighted by Crippen LogP contribution is 2.34. The van der Waals surface area contributed by atoms with Gasteiger partial charge < -0.3 is 9.47 Å². The lowest BCUT2D eigenvalue weighted by Crippen LogP contribution is -2.31. The molecule has 0 aliphatic rings. The van der Waals surface area contributed by atoms with E-state index in [0.29, 0.717) is 27.8 Å². The van der Waals surface area contributed by atoms with Gasteiger partial charge in [-0.25, -0.2) is 8.42 Å². The van der Waals surface area contributed by atoms with Crippen molar-refractivity contribution >= 4 is 27.3 Å². The second-order valence-corrected chi connectivity index (χ2v) is 7.50. The molecule has 0 aliphatic heterocycles. The fraction of sp³-hybridized carbons (Fsp3) is 0.222. The molecule has 0 N–H and O–H groups in total. The molecule has 7 heteroatoms. The topological polar surface area (TPSA) is 55.8 Å². The number of hydrogen-bond donors (Lipinski definition) is 0. The SMILES string of the molecule is C=CCN(c1cccc(Cl)c1C)S(=O)(=O)c1ccc(OC)c(OC)c1. The van der Waals surface area contributed by atoms with Crippen LogP contribution in [0.1, 0.15) is 5.56 Å². The fourth-order valence-corrected chi connectivity index (χ4v) is 4.09. The Hall–Kier alpha value is -2.18. The maximum absolute atomic E-state index is 13.2. The van der Waals surface area contributed by atoms with Gasteiger partial charge in [-0.15, -0.1) is 6.58 Å². The summed E-state index contributed by atoms with van der Waals surface area (Å²) in [4.78, 5) is 0.0892. The van der Waals surface area contributed by atoms with Crippen molar-refractivity contribution in [3.05, 3.63) is 59.6 Å². The van der Waals surface area contributed by atoms with Gasteiger partial charge >= 0.3 is 0 Å². The molecule has 0 bridgehead atoms. The molecule has 0 heterocycles.